The van der Waals surface area contributed by atoms with Crippen LogP contribution in [0.2, 0.25) is 0 Å². The number of rotatable bonds is 7. The third-order valence-electron chi connectivity index (χ3n) is 2.14. The van der Waals surface area contributed by atoms with Crippen LogP contribution in [-0.4, -0.2) is 37.8 Å². The van der Waals surface area contributed by atoms with Gasteiger partial charge in [0.25, 0.3) is 0 Å². The topological polar surface area (TPSA) is 43.4 Å². The molecule has 4 nitrogen and oxygen atoms in total. The first kappa shape index (κ1) is 13.1. The smallest absolute Gasteiger partial charge is 0.183 e. The Hall–Kier alpha value is -0.940. The van der Waals surface area contributed by atoms with Crippen LogP contribution in [0, 0.1) is 0 Å². The van der Waals surface area contributed by atoms with Crippen LogP contribution < -0.4 is 14.8 Å². The second-order valence-corrected chi connectivity index (χ2v) is 4.15. The van der Waals surface area contributed by atoms with Crippen molar-refractivity contribution in [2.45, 2.75) is 6.54 Å². The Labute approximate surface area is 101 Å². The highest BCUT2D eigenvalue weighted by Gasteiger charge is 2.09. The molecule has 0 spiro atoms. The van der Waals surface area contributed by atoms with E-state index >= 15 is 0 Å². The SMILES string of the molecule is COc1ccnc(CNCCSC)c1OC. The normalized spacial score (nSPS) is 10.2. The van der Waals surface area contributed by atoms with Crippen LogP contribution in [0.3, 0.4) is 0 Å². The number of hydrogen-bond acceptors (Lipinski definition) is 5. The predicted molar refractivity (Wildman–Crippen MR) is 67.4 cm³/mol. The summed E-state index contributed by atoms with van der Waals surface area (Å²) in [6, 6.07) is 1.80. The summed E-state index contributed by atoms with van der Waals surface area (Å²) in [5, 5.41) is 3.31. The monoisotopic (exact) mass is 242 g/mol. The Morgan fingerprint density at radius 2 is 2.19 bits per heavy atom. The molecule has 1 N–H and O–H groups in total. The second-order valence-electron chi connectivity index (χ2n) is 3.16. The summed E-state index contributed by atoms with van der Waals surface area (Å²) in [6.07, 6.45) is 3.82. The molecule has 0 bridgehead atoms. The van der Waals surface area contributed by atoms with Crippen molar-refractivity contribution in [2.24, 2.45) is 0 Å². The van der Waals surface area contributed by atoms with E-state index < -0.39 is 0 Å². The fourth-order valence-corrected chi connectivity index (χ4v) is 1.71. The van der Waals surface area contributed by atoms with E-state index in [0.29, 0.717) is 12.3 Å². The average molecular weight is 242 g/mol. The summed E-state index contributed by atoms with van der Waals surface area (Å²) >= 11 is 1.82. The lowest BCUT2D eigenvalue weighted by atomic mass is 10.3. The van der Waals surface area contributed by atoms with Crippen molar-refractivity contribution >= 4 is 11.8 Å². The third-order valence-corrected chi connectivity index (χ3v) is 2.75. The fourth-order valence-electron chi connectivity index (χ4n) is 1.36. The molecule has 90 valence electrons. The van der Waals surface area contributed by atoms with Crippen molar-refractivity contribution in [1.29, 1.82) is 0 Å². The van der Waals surface area contributed by atoms with Crippen LogP contribution in [0.4, 0.5) is 0 Å². The van der Waals surface area contributed by atoms with Gasteiger partial charge in [-0.15, -0.1) is 0 Å². The summed E-state index contributed by atoms with van der Waals surface area (Å²) < 4.78 is 10.5. The van der Waals surface area contributed by atoms with E-state index in [9.17, 15) is 0 Å². The van der Waals surface area contributed by atoms with Crippen molar-refractivity contribution in [3.8, 4) is 11.5 Å². The van der Waals surface area contributed by atoms with Gasteiger partial charge in [-0.1, -0.05) is 0 Å². The first-order valence-corrected chi connectivity index (χ1v) is 6.48. The molecule has 0 saturated heterocycles. The van der Waals surface area contributed by atoms with E-state index in [0.717, 1.165) is 23.7 Å². The maximum absolute atomic E-state index is 5.29. The molecule has 1 rings (SSSR count). The predicted octanol–water partition coefficient (Wildman–Crippen LogP) is 1.55. The van der Waals surface area contributed by atoms with Gasteiger partial charge in [-0.3, -0.25) is 4.98 Å². The zero-order valence-electron chi connectivity index (χ0n) is 9.95. The van der Waals surface area contributed by atoms with Gasteiger partial charge in [-0.25, -0.2) is 0 Å². The molecule has 1 aromatic heterocycles. The summed E-state index contributed by atoms with van der Waals surface area (Å²) in [5.41, 5.74) is 0.878. The highest BCUT2D eigenvalue weighted by molar-refractivity contribution is 7.98. The Morgan fingerprint density at radius 1 is 1.38 bits per heavy atom. The second kappa shape index (κ2) is 7.35. The van der Waals surface area contributed by atoms with Gasteiger partial charge in [-0.2, -0.15) is 11.8 Å². The standard InChI is InChI=1S/C11H18N2O2S/c1-14-10-4-5-13-9(11(10)15-2)8-12-6-7-16-3/h4-5,12H,6-8H2,1-3H3. The summed E-state index contributed by atoms with van der Waals surface area (Å²) in [6.45, 7) is 1.66. The zero-order chi connectivity index (χ0) is 11.8. The number of nitrogens with zero attached hydrogens (tertiary/aromatic N) is 1. The number of methoxy groups -OCH3 is 2. The molecule has 0 amide bonds. The van der Waals surface area contributed by atoms with E-state index in [1.165, 1.54) is 0 Å². The first-order valence-electron chi connectivity index (χ1n) is 5.09. The minimum absolute atomic E-state index is 0.695. The highest BCUT2D eigenvalue weighted by atomic mass is 32.2. The van der Waals surface area contributed by atoms with Gasteiger partial charge >= 0.3 is 0 Å². The van der Waals surface area contributed by atoms with Crippen LogP contribution >= 0.6 is 11.8 Å². The molecule has 16 heavy (non-hydrogen) atoms. The number of ether oxygens (including phenoxy) is 2. The molecule has 1 aromatic rings. The molecule has 0 atom stereocenters. The third kappa shape index (κ3) is 3.57. The maximum atomic E-state index is 5.29. The lowest BCUT2D eigenvalue weighted by Gasteiger charge is -2.11. The first-order chi connectivity index (χ1) is 7.83. The van der Waals surface area contributed by atoms with E-state index in [1.54, 1.807) is 26.5 Å². The molecule has 0 radical (unpaired) electrons. The molecule has 0 aliphatic rings. The van der Waals surface area contributed by atoms with Crippen molar-refractivity contribution in [2.75, 3.05) is 32.8 Å². The number of thioether (sulfide) groups is 1. The van der Waals surface area contributed by atoms with Gasteiger partial charge < -0.3 is 14.8 Å². The lowest BCUT2D eigenvalue weighted by Crippen LogP contribution is -2.18. The van der Waals surface area contributed by atoms with Gasteiger partial charge in [-0.05, 0) is 6.26 Å². The van der Waals surface area contributed by atoms with Crippen LogP contribution in [0.1, 0.15) is 5.69 Å². The summed E-state index contributed by atoms with van der Waals surface area (Å²) in [4.78, 5) is 4.28. The molecule has 0 aliphatic carbocycles. The number of hydrogen-bond donors (Lipinski definition) is 1. The number of aromatic nitrogens is 1. The van der Waals surface area contributed by atoms with E-state index in [2.05, 4.69) is 16.6 Å². The highest BCUT2D eigenvalue weighted by Crippen LogP contribution is 2.28. The van der Waals surface area contributed by atoms with E-state index in [1.807, 2.05) is 11.8 Å². The Morgan fingerprint density at radius 3 is 2.81 bits per heavy atom. The Kier molecular flexibility index (Phi) is 6.03. The Balaban J connectivity index is 2.63. The fraction of sp³-hybridized carbons (Fsp3) is 0.545. The Bertz CT molecular complexity index is 321. The molecule has 5 heteroatoms. The van der Waals surface area contributed by atoms with Crippen LogP contribution in [0.25, 0.3) is 0 Å². The van der Waals surface area contributed by atoms with Crippen molar-refractivity contribution in [1.82, 2.24) is 10.3 Å². The van der Waals surface area contributed by atoms with E-state index in [4.69, 9.17) is 9.47 Å². The lowest BCUT2D eigenvalue weighted by molar-refractivity contribution is 0.348. The van der Waals surface area contributed by atoms with Crippen LogP contribution in [0.15, 0.2) is 12.3 Å². The van der Waals surface area contributed by atoms with Gasteiger partial charge in [0.2, 0.25) is 0 Å². The van der Waals surface area contributed by atoms with Crippen molar-refractivity contribution < 1.29 is 9.47 Å². The quantitative estimate of drug-likeness (QED) is 0.735. The minimum Gasteiger partial charge on any atom is -0.493 e. The maximum Gasteiger partial charge on any atom is 0.183 e. The summed E-state index contributed by atoms with van der Waals surface area (Å²) in [7, 11) is 3.26. The molecule has 0 unspecified atom stereocenters. The molecule has 0 aromatic carbocycles. The number of nitrogens with one attached hydrogen (secondary N) is 1. The summed E-state index contributed by atoms with van der Waals surface area (Å²) in [5.74, 6) is 2.52. The van der Waals surface area contributed by atoms with Crippen LogP contribution in [-0.2, 0) is 6.54 Å². The van der Waals surface area contributed by atoms with Crippen LogP contribution in [0.5, 0.6) is 11.5 Å². The van der Waals surface area contributed by atoms with Gasteiger partial charge in [0.1, 0.15) is 0 Å². The average Bonchev–Trinajstić information content (AvgIpc) is 2.34. The molecular weight excluding hydrogens is 224 g/mol. The van der Waals surface area contributed by atoms with Crippen molar-refractivity contribution in [3.05, 3.63) is 18.0 Å². The largest absolute Gasteiger partial charge is 0.493 e. The van der Waals surface area contributed by atoms with Gasteiger partial charge in [0.15, 0.2) is 11.5 Å². The van der Waals surface area contributed by atoms with Gasteiger partial charge in [0, 0.05) is 31.1 Å². The molecule has 0 saturated carbocycles. The molecule has 1 heterocycles. The zero-order valence-corrected chi connectivity index (χ0v) is 10.8. The van der Waals surface area contributed by atoms with E-state index in [-0.39, 0.29) is 0 Å². The van der Waals surface area contributed by atoms with Gasteiger partial charge in [0.05, 0.1) is 19.9 Å². The molecule has 0 fully saturated rings. The van der Waals surface area contributed by atoms with Crippen molar-refractivity contribution in [3.63, 3.8) is 0 Å². The number of pyridine rings is 1. The minimum atomic E-state index is 0.695. The molecular formula is C11H18N2O2S. The molecule has 0 aliphatic heterocycles.